The third-order valence-corrected chi connectivity index (χ3v) is 4.01. The molecule has 2 aromatic rings. The fraction of sp³-hybridized carbons (Fsp3) is 0.118. The highest BCUT2D eigenvalue weighted by Gasteiger charge is 2.30. The van der Waals surface area contributed by atoms with Gasteiger partial charge in [-0.25, -0.2) is 14.4 Å². The first-order chi connectivity index (χ1) is 11.2. The van der Waals surface area contributed by atoms with Crippen molar-refractivity contribution in [3.05, 3.63) is 68.2 Å². The lowest BCUT2D eigenvalue weighted by Crippen LogP contribution is -2.27. The summed E-state index contributed by atoms with van der Waals surface area (Å²) in [6.07, 6.45) is 3.04. The summed E-state index contributed by atoms with van der Waals surface area (Å²) in [5.41, 5.74) is 0.938. The van der Waals surface area contributed by atoms with E-state index in [1.54, 1.807) is 12.1 Å². The Morgan fingerprint density at radius 3 is 2.78 bits per heavy atom. The average molecular weight is 309 g/mol. The maximum absolute atomic E-state index is 14.2. The van der Waals surface area contributed by atoms with Crippen molar-refractivity contribution in [1.29, 1.82) is 0 Å². The normalized spacial score (nSPS) is 14.8. The molecule has 23 heavy (non-hydrogen) atoms. The number of aliphatic hydroxyl groups is 1. The fourth-order valence-corrected chi connectivity index (χ4v) is 2.96. The molecule has 0 amide bonds. The number of anilines is 1. The van der Waals surface area contributed by atoms with E-state index in [1.807, 2.05) is 17.0 Å². The van der Waals surface area contributed by atoms with E-state index in [9.17, 15) is 9.18 Å². The van der Waals surface area contributed by atoms with E-state index < -0.39 is 11.4 Å². The van der Waals surface area contributed by atoms with Gasteiger partial charge in [0.2, 0.25) is 0 Å². The molecule has 0 atom stereocenters. The molecule has 0 unspecified atom stereocenters. The number of halogens is 1. The zero-order valence-corrected chi connectivity index (χ0v) is 12.0. The molecule has 0 spiro atoms. The Hall–Kier alpha value is -3.02. The molecule has 0 aliphatic carbocycles. The minimum atomic E-state index is -0.608. The Balaban J connectivity index is 2.01. The highest BCUT2D eigenvalue weighted by atomic mass is 19.1. The number of aliphatic hydroxyl groups excluding tert-OH is 1. The second-order valence-electron chi connectivity index (χ2n) is 5.39. The molecule has 1 aromatic heterocycles. The van der Waals surface area contributed by atoms with Crippen LogP contribution in [0.2, 0.25) is 0 Å². The van der Waals surface area contributed by atoms with Crippen LogP contribution in [-0.4, -0.2) is 22.8 Å². The topological polar surface area (TPSA) is 65.8 Å². The highest BCUT2D eigenvalue weighted by Crippen LogP contribution is 2.35. The van der Waals surface area contributed by atoms with Crippen molar-refractivity contribution in [2.24, 2.45) is 4.99 Å². The summed E-state index contributed by atoms with van der Waals surface area (Å²) in [6.45, 7) is 0.596. The van der Waals surface area contributed by atoms with Crippen LogP contribution in [0, 0.1) is 5.82 Å². The van der Waals surface area contributed by atoms with Gasteiger partial charge in [-0.2, -0.15) is 0 Å². The van der Waals surface area contributed by atoms with Crippen molar-refractivity contribution in [2.45, 2.75) is 6.42 Å². The Kier molecular flexibility index (Phi) is 2.97. The molecule has 0 saturated heterocycles. The summed E-state index contributed by atoms with van der Waals surface area (Å²) in [4.78, 5) is 21.9. The minimum Gasteiger partial charge on any atom is -0.515 e. The Bertz CT molecular complexity index is 1010. The van der Waals surface area contributed by atoms with Crippen LogP contribution in [0.15, 0.2) is 40.1 Å². The first kappa shape index (κ1) is 13.6. The first-order valence-corrected chi connectivity index (χ1v) is 7.17. The van der Waals surface area contributed by atoms with Crippen LogP contribution in [0.5, 0.6) is 0 Å². The maximum atomic E-state index is 14.2. The molecule has 5 nitrogen and oxygen atoms in total. The fourth-order valence-electron chi connectivity index (χ4n) is 2.96. The van der Waals surface area contributed by atoms with Crippen molar-refractivity contribution in [1.82, 2.24) is 4.98 Å². The van der Waals surface area contributed by atoms with Gasteiger partial charge in [-0.15, -0.1) is 0 Å². The van der Waals surface area contributed by atoms with Gasteiger partial charge in [0, 0.05) is 35.7 Å². The molecule has 0 bridgehead atoms. The van der Waals surface area contributed by atoms with Crippen LogP contribution in [0.25, 0.3) is 12.1 Å². The zero-order chi connectivity index (χ0) is 16.0. The second-order valence-corrected chi connectivity index (χ2v) is 5.39. The van der Waals surface area contributed by atoms with Gasteiger partial charge in [-0.05, 0) is 0 Å². The zero-order valence-electron chi connectivity index (χ0n) is 12.0. The van der Waals surface area contributed by atoms with E-state index in [0.29, 0.717) is 40.9 Å². The number of nitrogens with zero attached hydrogens (tertiary/aromatic N) is 3. The second kappa shape index (κ2) is 5.01. The minimum absolute atomic E-state index is 0.302. The number of hydrogen-bond donors (Lipinski definition) is 1. The van der Waals surface area contributed by atoms with E-state index in [0.717, 1.165) is 17.5 Å². The van der Waals surface area contributed by atoms with Gasteiger partial charge in [0.1, 0.15) is 11.6 Å². The van der Waals surface area contributed by atoms with Crippen molar-refractivity contribution < 1.29 is 9.50 Å². The van der Waals surface area contributed by atoms with Crippen molar-refractivity contribution in [2.75, 3.05) is 11.4 Å². The van der Waals surface area contributed by atoms with Crippen LogP contribution in [0.3, 0.4) is 0 Å². The SMILES string of the molecule is O=c1cc(F)c2c3c(n1)CCN3C(=c1ccc(=CO)cc1)N=C2. The van der Waals surface area contributed by atoms with E-state index >= 15 is 0 Å². The van der Waals surface area contributed by atoms with Crippen LogP contribution in [0.4, 0.5) is 10.1 Å². The summed E-state index contributed by atoms with van der Waals surface area (Å²) in [5.74, 6) is 0.0734. The summed E-state index contributed by atoms with van der Waals surface area (Å²) < 4.78 is 14.2. The van der Waals surface area contributed by atoms with E-state index in [2.05, 4.69) is 9.98 Å². The van der Waals surface area contributed by atoms with Gasteiger partial charge in [0.15, 0.2) is 0 Å². The largest absolute Gasteiger partial charge is 0.515 e. The monoisotopic (exact) mass is 309 g/mol. The Morgan fingerprint density at radius 2 is 2.04 bits per heavy atom. The smallest absolute Gasteiger partial charge is 0.272 e. The van der Waals surface area contributed by atoms with Gasteiger partial charge in [0.25, 0.3) is 5.56 Å². The van der Waals surface area contributed by atoms with Crippen LogP contribution in [-0.2, 0) is 6.42 Å². The lowest BCUT2D eigenvalue weighted by Gasteiger charge is -2.24. The maximum Gasteiger partial charge on any atom is 0.272 e. The van der Waals surface area contributed by atoms with E-state index in [4.69, 9.17) is 5.11 Å². The molecule has 6 heteroatoms. The molecule has 0 radical (unpaired) electrons. The standard InChI is InChI=1S/C17H12FN3O2/c18-13-7-15(23)20-14-5-6-21-16(14)12(13)8-19-17(21)11-3-1-10(9-22)2-4-11/h1-4,7-9,22H,5-6H2. The average Bonchev–Trinajstić information content (AvgIpc) is 2.92. The van der Waals surface area contributed by atoms with Gasteiger partial charge in [0.05, 0.1) is 23.2 Å². The quantitative estimate of drug-likeness (QED) is 0.767. The van der Waals surface area contributed by atoms with Crippen LogP contribution >= 0.6 is 0 Å². The molecule has 2 aliphatic heterocycles. The van der Waals surface area contributed by atoms with Crippen molar-refractivity contribution in [3.63, 3.8) is 0 Å². The van der Waals surface area contributed by atoms with Crippen LogP contribution in [0.1, 0.15) is 11.3 Å². The third kappa shape index (κ3) is 2.11. The molecule has 0 saturated carbocycles. The van der Waals surface area contributed by atoms with Crippen molar-refractivity contribution >= 4 is 24.0 Å². The molecule has 3 heterocycles. The lowest BCUT2D eigenvalue weighted by atomic mass is 10.1. The predicted molar refractivity (Wildman–Crippen MR) is 85.3 cm³/mol. The van der Waals surface area contributed by atoms with Gasteiger partial charge >= 0.3 is 0 Å². The number of aromatic nitrogens is 1. The Morgan fingerprint density at radius 1 is 1.26 bits per heavy atom. The van der Waals surface area contributed by atoms with E-state index in [-0.39, 0.29) is 0 Å². The molecule has 4 rings (SSSR count). The highest BCUT2D eigenvalue weighted by molar-refractivity contribution is 5.98. The molecule has 2 aliphatic rings. The lowest BCUT2D eigenvalue weighted by molar-refractivity contribution is 0.540. The Labute approximate surface area is 130 Å². The number of benzene rings is 1. The summed E-state index contributed by atoms with van der Waals surface area (Å²) in [6, 6.07) is 8.11. The molecule has 1 aromatic carbocycles. The van der Waals surface area contributed by atoms with Gasteiger partial charge in [-0.3, -0.25) is 4.79 Å². The molecule has 114 valence electrons. The van der Waals surface area contributed by atoms with Crippen LogP contribution < -0.4 is 20.9 Å². The van der Waals surface area contributed by atoms with Gasteiger partial charge in [-0.1, -0.05) is 24.3 Å². The summed E-state index contributed by atoms with van der Waals surface area (Å²) >= 11 is 0. The summed E-state index contributed by atoms with van der Waals surface area (Å²) in [7, 11) is 0. The number of hydrogen-bond acceptors (Lipinski definition) is 5. The molecule has 0 fully saturated rings. The van der Waals surface area contributed by atoms with Gasteiger partial charge < -0.3 is 10.0 Å². The number of aliphatic imine (C=N–C) groups is 1. The first-order valence-electron chi connectivity index (χ1n) is 7.17. The predicted octanol–water partition coefficient (Wildman–Crippen LogP) is 0.438. The molecular formula is C17H12FN3O2. The summed E-state index contributed by atoms with van der Waals surface area (Å²) in [5, 5.41) is 10.5. The third-order valence-electron chi connectivity index (χ3n) is 4.01. The molecule has 1 N–H and O–H groups in total. The van der Waals surface area contributed by atoms with E-state index in [1.165, 1.54) is 6.21 Å². The van der Waals surface area contributed by atoms with Crippen molar-refractivity contribution in [3.8, 4) is 0 Å². The number of rotatable bonds is 0. The molecular weight excluding hydrogens is 297 g/mol.